The summed E-state index contributed by atoms with van der Waals surface area (Å²) in [7, 11) is 0. The van der Waals surface area contributed by atoms with Gasteiger partial charge >= 0.3 is 0 Å². The van der Waals surface area contributed by atoms with Crippen LogP contribution in [0.15, 0.2) is 54.6 Å². The van der Waals surface area contributed by atoms with Crippen molar-refractivity contribution in [2.75, 3.05) is 5.73 Å². The van der Waals surface area contributed by atoms with Crippen molar-refractivity contribution in [1.82, 2.24) is 10.3 Å². The number of carbonyl (C=O) groups is 1. The number of hydrogen-bond donors (Lipinski definition) is 2. The first-order chi connectivity index (χ1) is 12.2. The quantitative estimate of drug-likeness (QED) is 0.774. The fraction of sp³-hybridized carbons (Fsp3) is 0.238. The van der Waals surface area contributed by atoms with Gasteiger partial charge in [-0.3, -0.25) is 9.78 Å². The van der Waals surface area contributed by atoms with Crippen molar-refractivity contribution in [2.45, 2.75) is 25.8 Å². The minimum Gasteiger partial charge on any atom is -0.398 e. The summed E-state index contributed by atoms with van der Waals surface area (Å²) < 4.78 is 0. The minimum atomic E-state index is -0.0403. The molecule has 4 rings (SSSR count). The number of benzene rings is 2. The molecule has 126 valence electrons. The molecule has 1 aliphatic rings. The van der Waals surface area contributed by atoms with Crippen LogP contribution in [0, 0.1) is 5.92 Å². The molecule has 0 bridgehead atoms. The Morgan fingerprint density at radius 1 is 1.12 bits per heavy atom. The van der Waals surface area contributed by atoms with Crippen molar-refractivity contribution in [3.8, 4) is 0 Å². The molecule has 25 heavy (non-hydrogen) atoms. The number of nitrogens with one attached hydrogen (secondary N) is 1. The Balaban J connectivity index is 1.52. The van der Waals surface area contributed by atoms with Crippen LogP contribution >= 0.6 is 0 Å². The van der Waals surface area contributed by atoms with Gasteiger partial charge in [-0.25, -0.2) is 0 Å². The first-order valence-corrected chi connectivity index (χ1v) is 8.70. The Morgan fingerprint density at radius 3 is 2.72 bits per heavy atom. The highest BCUT2D eigenvalue weighted by Crippen LogP contribution is 2.33. The molecule has 0 spiro atoms. The van der Waals surface area contributed by atoms with E-state index in [2.05, 4.69) is 5.32 Å². The lowest BCUT2D eigenvalue weighted by molar-refractivity contribution is -0.125. The summed E-state index contributed by atoms with van der Waals surface area (Å²) in [6.45, 7) is 0.564. The fourth-order valence-corrected chi connectivity index (χ4v) is 3.58. The van der Waals surface area contributed by atoms with Gasteiger partial charge in [0.2, 0.25) is 5.91 Å². The van der Waals surface area contributed by atoms with Crippen LogP contribution in [0.2, 0.25) is 0 Å². The number of aromatic nitrogens is 1. The van der Waals surface area contributed by atoms with Crippen LogP contribution < -0.4 is 11.1 Å². The first kappa shape index (κ1) is 15.6. The predicted octanol–water partition coefficient (Wildman–Crippen LogP) is 3.24. The highest BCUT2D eigenvalue weighted by atomic mass is 16.1. The van der Waals surface area contributed by atoms with Gasteiger partial charge in [0.05, 0.1) is 5.52 Å². The van der Waals surface area contributed by atoms with Crippen LogP contribution in [0.25, 0.3) is 10.9 Å². The number of pyridine rings is 1. The van der Waals surface area contributed by atoms with Crippen LogP contribution in [0.1, 0.15) is 23.2 Å². The van der Waals surface area contributed by atoms with Crippen molar-refractivity contribution in [3.05, 3.63) is 71.4 Å². The molecule has 4 heteroatoms. The number of nitrogens with zero attached hydrogens (tertiary/aromatic N) is 1. The molecule has 0 fully saturated rings. The maximum absolute atomic E-state index is 12.6. The zero-order valence-corrected chi connectivity index (χ0v) is 14.0. The highest BCUT2D eigenvalue weighted by molar-refractivity contribution is 5.92. The summed E-state index contributed by atoms with van der Waals surface area (Å²) in [5.74, 6) is 0.0588. The number of carbonyl (C=O) groups excluding carboxylic acids is 1. The molecule has 3 aromatic rings. The Hall–Kier alpha value is -2.88. The predicted molar refractivity (Wildman–Crippen MR) is 100.0 cm³/mol. The van der Waals surface area contributed by atoms with Crippen molar-refractivity contribution >= 4 is 22.5 Å². The van der Waals surface area contributed by atoms with E-state index >= 15 is 0 Å². The van der Waals surface area contributed by atoms with Gasteiger partial charge in [0, 0.05) is 29.2 Å². The average Bonchev–Trinajstić information content (AvgIpc) is 2.67. The molecular formula is C21H21N3O. The van der Waals surface area contributed by atoms with Crippen molar-refractivity contribution in [3.63, 3.8) is 0 Å². The second-order valence-corrected chi connectivity index (χ2v) is 6.61. The Labute approximate surface area is 147 Å². The monoisotopic (exact) mass is 331 g/mol. The smallest absolute Gasteiger partial charge is 0.223 e. The summed E-state index contributed by atoms with van der Waals surface area (Å²) in [6, 6.07) is 17.9. The normalized spacial score (nSPS) is 16.4. The standard InChI is InChI=1S/C21H21N3O/c22-20-16-8-4-5-9-18(16)24-19-11-10-15(12-17(19)20)21(25)23-13-14-6-2-1-3-7-14/h1-9,15H,10-13H2,(H2,22,24)(H,23,25). The molecule has 1 atom stereocenters. The molecule has 3 N–H and O–H groups in total. The number of rotatable bonds is 3. The molecule has 1 aliphatic carbocycles. The van der Waals surface area contributed by atoms with Crippen molar-refractivity contribution in [1.29, 1.82) is 0 Å². The highest BCUT2D eigenvalue weighted by Gasteiger charge is 2.27. The van der Waals surface area contributed by atoms with Crippen molar-refractivity contribution in [2.24, 2.45) is 5.92 Å². The Morgan fingerprint density at radius 2 is 1.88 bits per heavy atom. The van der Waals surface area contributed by atoms with E-state index in [0.29, 0.717) is 13.0 Å². The second kappa shape index (κ2) is 6.55. The molecule has 0 aliphatic heterocycles. The largest absolute Gasteiger partial charge is 0.398 e. The maximum atomic E-state index is 12.6. The topological polar surface area (TPSA) is 68.0 Å². The summed E-state index contributed by atoms with van der Waals surface area (Å²) >= 11 is 0. The number of fused-ring (bicyclic) bond motifs is 2. The third kappa shape index (κ3) is 3.07. The Kier molecular flexibility index (Phi) is 4.10. The van der Waals surface area contributed by atoms with E-state index in [4.69, 9.17) is 10.7 Å². The zero-order chi connectivity index (χ0) is 17.2. The maximum Gasteiger partial charge on any atom is 0.223 e. The van der Waals surface area contributed by atoms with Crippen LogP contribution in [-0.2, 0) is 24.2 Å². The molecule has 1 amide bonds. The molecule has 0 saturated carbocycles. The van der Waals surface area contributed by atoms with Gasteiger partial charge in [0.25, 0.3) is 0 Å². The fourth-order valence-electron chi connectivity index (χ4n) is 3.58. The lowest BCUT2D eigenvalue weighted by atomic mass is 9.84. The first-order valence-electron chi connectivity index (χ1n) is 8.70. The number of nitrogen functional groups attached to an aromatic ring is 1. The van der Waals surface area contributed by atoms with Crippen LogP contribution in [-0.4, -0.2) is 10.9 Å². The van der Waals surface area contributed by atoms with Crippen LogP contribution in [0.5, 0.6) is 0 Å². The number of amides is 1. The van der Waals surface area contributed by atoms with Gasteiger partial charge in [-0.1, -0.05) is 48.5 Å². The van der Waals surface area contributed by atoms with Gasteiger partial charge in [0.15, 0.2) is 0 Å². The molecular weight excluding hydrogens is 310 g/mol. The van der Waals surface area contributed by atoms with Gasteiger partial charge < -0.3 is 11.1 Å². The van der Waals surface area contributed by atoms with Gasteiger partial charge in [-0.2, -0.15) is 0 Å². The Bertz CT molecular complexity index is 921. The average molecular weight is 331 g/mol. The zero-order valence-electron chi connectivity index (χ0n) is 14.0. The molecule has 1 unspecified atom stereocenters. The van der Waals surface area contributed by atoms with E-state index in [1.165, 1.54) is 0 Å². The molecule has 0 saturated heterocycles. The SMILES string of the molecule is Nc1c2c(nc3ccccc13)CCC(C(=O)NCc1ccccc1)C2. The molecule has 2 aromatic carbocycles. The third-order valence-corrected chi connectivity index (χ3v) is 4.98. The van der Waals surface area contributed by atoms with E-state index in [-0.39, 0.29) is 11.8 Å². The summed E-state index contributed by atoms with van der Waals surface area (Å²) in [6.07, 6.45) is 2.28. The van der Waals surface area contributed by atoms with E-state index < -0.39 is 0 Å². The van der Waals surface area contributed by atoms with E-state index in [1.54, 1.807) is 0 Å². The molecule has 1 heterocycles. The van der Waals surface area contributed by atoms with Gasteiger partial charge in [-0.15, -0.1) is 0 Å². The summed E-state index contributed by atoms with van der Waals surface area (Å²) in [5.41, 5.74) is 11.3. The molecule has 4 nitrogen and oxygen atoms in total. The number of hydrogen-bond acceptors (Lipinski definition) is 3. The van der Waals surface area contributed by atoms with E-state index in [0.717, 1.165) is 46.3 Å². The molecule has 0 radical (unpaired) electrons. The van der Waals surface area contributed by atoms with E-state index in [9.17, 15) is 4.79 Å². The number of aryl methyl sites for hydroxylation is 1. The third-order valence-electron chi connectivity index (χ3n) is 4.98. The van der Waals surface area contributed by atoms with Crippen molar-refractivity contribution < 1.29 is 4.79 Å². The van der Waals surface area contributed by atoms with Gasteiger partial charge in [0.1, 0.15) is 0 Å². The lowest BCUT2D eigenvalue weighted by Gasteiger charge is -2.25. The number of para-hydroxylation sites is 1. The van der Waals surface area contributed by atoms with Crippen LogP contribution in [0.4, 0.5) is 5.69 Å². The van der Waals surface area contributed by atoms with E-state index in [1.807, 2.05) is 54.6 Å². The van der Waals surface area contributed by atoms with Crippen LogP contribution in [0.3, 0.4) is 0 Å². The summed E-state index contributed by atoms with van der Waals surface area (Å²) in [5, 5.41) is 4.03. The minimum absolute atomic E-state index is 0.0403. The lowest BCUT2D eigenvalue weighted by Crippen LogP contribution is -2.34. The molecule has 1 aromatic heterocycles. The second-order valence-electron chi connectivity index (χ2n) is 6.61. The number of anilines is 1. The van der Waals surface area contributed by atoms with Gasteiger partial charge in [-0.05, 0) is 36.5 Å². The number of nitrogens with two attached hydrogens (primary N) is 1. The summed E-state index contributed by atoms with van der Waals surface area (Å²) in [4.78, 5) is 17.3.